The molecule has 0 spiro atoms. The first-order valence-electron chi connectivity index (χ1n) is 8.06. The highest BCUT2D eigenvalue weighted by atomic mass is 14.9. The average molecular weight is 294 g/mol. The van der Waals surface area contributed by atoms with Gasteiger partial charge in [0, 0.05) is 5.69 Å². The molecular weight excluding hydrogens is 268 g/mol. The molecule has 0 radical (unpaired) electrons. The van der Waals surface area contributed by atoms with Crippen LogP contribution >= 0.6 is 0 Å². The smallest absolute Gasteiger partial charge is 0.0621 e. The van der Waals surface area contributed by atoms with Gasteiger partial charge in [-0.25, -0.2) is 0 Å². The summed E-state index contributed by atoms with van der Waals surface area (Å²) >= 11 is 0. The van der Waals surface area contributed by atoms with Gasteiger partial charge in [0.05, 0.1) is 11.4 Å². The van der Waals surface area contributed by atoms with E-state index >= 15 is 0 Å². The number of rotatable bonds is 2. The lowest BCUT2D eigenvalue weighted by Crippen LogP contribution is -2.34. The van der Waals surface area contributed by atoms with Gasteiger partial charge in [0.1, 0.15) is 0 Å². The van der Waals surface area contributed by atoms with Crippen molar-refractivity contribution in [3.05, 3.63) is 53.6 Å². The van der Waals surface area contributed by atoms with Crippen molar-refractivity contribution in [3.63, 3.8) is 0 Å². The summed E-state index contributed by atoms with van der Waals surface area (Å²) in [5.74, 6) is 0. The fraction of sp³-hybridized carbons (Fsp3) is 0.400. The van der Waals surface area contributed by atoms with Crippen LogP contribution in [0.2, 0.25) is 0 Å². The van der Waals surface area contributed by atoms with Crippen LogP contribution in [0.3, 0.4) is 0 Å². The maximum atomic E-state index is 6.34. The highest BCUT2D eigenvalue weighted by Gasteiger charge is 2.37. The van der Waals surface area contributed by atoms with Crippen LogP contribution in [0.5, 0.6) is 0 Å². The molecule has 3 N–H and O–H groups in total. The topological polar surface area (TPSA) is 38.0 Å². The summed E-state index contributed by atoms with van der Waals surface area (Å²) in [4.78, 5) is 0. The zero-order chi connectivity index (χ0) is 16.0. The van der Waals surface area contributed by atoms with Crippen molar-refractivity contribution in [3.8, 4) is 0 Å². The Bertz CT molecular complexity index is 684. The fourth-order valence-corrected chi connectivity index (χ4v) is 3.42. The molecule has 22 heavy (non-hydrogen) atoms. The standard InChI is InChI=1S/C20H26N2/c1-19(2)10-11-20(3,4)16-13-18(17(21)12-15(16)19)22-14-8-6-5-7-9-14/h5-9,12-13,22H,10-11,21H2,1-4H3. The van der Waals surface area contributed by atoms with E-state index in [1.807, 2.05) is 18.2 Å². The van der Waals surface area contributed by atoms with E-state index in [4.69, 9.17) is 5.73 Å². The molecule has 0 heterocycles. The number of nitrogens with two attached hydrogens (primary N) is 1. The molecule has 2 heteroatoms. The number of benzene rings is 2. The molecule has 1 aliphatic carbocycles. The Kier molecular flexibility index (Phi) is 3.43. The highest BCUT2D eigenvalue weighted by Crippen LogP contribution is 2.48. The van der Waals surface area contributed by atoms with E-state index < -0.39 is 0 Å². The Balaban J connectivity index is 2.08. The minimum atomic E-state index is 0.199. The lowest BCUT2D eigenvalue weighted by atomic mass is 9.63. The van der Waals surface area contributed by atoms with Crippen molar-refractivity contribution in [1.29, 1.82) is 0 Å². The van der Waals surface area contributed by atoms with Crippen molar-refractivity contribution in [2.45, 2.75) is 51.4 Å². The maximum absolute atomic E-state index is 6.34. The lowest BCUT2D eigenvalue weighted by molar-refractivity contribution is 0.332. The molecule has 1 aliphatic rings. The van der Waals surface area contributed by atoms with Crippen LogP contribution in [0.1, 0.15) is 51.7 Å². The predicted octanol–water partition coefficient (Wildman–Crippen LogP) is 5.36. The van der Waals surface area contributed by atoms with Crippen molar-refractivity contribution >= 4 is 17.1 Å². The minimum absolute atomic E-state index is 0.199. The molecule has 0 aromatic heterocycles. The molecule has 0 saturated heterocycles. The Labute approximate surface area is 133 Å². The summed E-state index contributed by atoms with van der Waals surface area (Å²) in [6, 6.07) is 14.7. The van der Waals surface area contributed by atoms with Crippen molar-refractivity contribution in [1.82, 2.24) is 0 Å². The van der Waals surface area contributed by atoms with Crippen LogP contribution in [0.4, 0.5) is 17.1 Å². The summed E-state index contributed by atoms with van der Waals surface area (Å²) < 4.78 is 0. The average Bonchev–Trinajstić information content (AvgIpc) is 2.47. The first-order valence-corrected chi connectivity index (χ1v) is 8.06. The van der Waals surface area contributed by atoms with E-state index in [2.05, 4.69) is 57.3 Å². The Morgan fingerprint density at radius 3 is 2.00 bits per heavy atom. The van der Waals surface area contributed by atoms with Crippen LogP contribution in [0, 0.1) is 0 Å². The molecule has 0 saturated carbocycles. The summed E-state index contributed by atoms with van der Waals surface area (Å²) in [5, 5.41) is 3.46. The third kappa shape index (κ3) is 2.58. The monoisotopic (exact) mass is 294 g/mol. The first-order chi connectivity index (χ1) is 10.3. The fourth-order valence-electron chi connectivity index (χ4n) is 3.42. The third-order valence-electron chi connectivity index (χ3n) is 5.08. The van der Waals surface area contributed by atoms with E-state index in [9.17, 15) is 0 Å². The largest absolute Gasteiger partial charge is 0.397 e. The van der Waals surface area contributed by atoms with Crippen molar-refractivity contribution in [2.24, 2.45) is 0 Å². The molecular formula is C20H26N2. The number of hydrogen-bond donors (Lipinski definition) is 2. The van der Waals surface area contributed by atoms with Crippen molar-refractivity contribution in [2.75, 3.05) is 11.1 Å². The van der Waals surface area contributed by atoms with E-state index in [0.717, 1.165) is 17.1 Å². The van der Waals surface area contributed by atoms with Crippen LogP contribution < -0.4 is 11.1 Å². The second kappa shape index (κ2) is 5.05. The molecule has 0 bridgehead atoms. The molecule has 2 aromatic rings. The molecule has 0 aliphatic heterocycles. The van der Waals surface area contributed by atoms with Gasteiger partial charge < -0.3 is 11.1 Å². The quantitative estimate of drug-likeness (QED) is 0.732. The summed E-state index contributed by atoms with van der Waals surface area (Å²) in [7, 11) is 0. The van der Waals surface area contributed by atoms with E-state index in [1.54, 1.807) is 0 Å². The van der Waals surface area contributed by atoms with Gasteiger partial charge in [0.25, 0.3) is 0 Å². The number of fused-ring (bicyclic) bond motifs is 1. The van der Waals surface area contributed by atoms with Gasteiger partial charge in [-0.2, -0.15) is 0 Å². The molecule has 116 valence electrons. The SMILES string of the molecule is CC1(C)CCC(C)(C)c2cc(Nc3ccccc3)c(N)cc21. The normalized spacial score (nSPS) is 18.5. The van der Waals surface area contributed by atoms with E-state index in [-0.39, 0.29) is 10.8 Å². The van der Waals surface area contributed by atoms with Crippen LogP contribution in [-0.4, -0.2) is 0 Å². The number of nitrogens with one attached hydrogen (secondary N) is 1. The first kappa shape index (κ1) is 15.0. The van der Waals surface area contributed by atoms with Crippen LogP contribution in [0.15, 0.2) is 42.5 Å². The molecule has 0 fully saturated rings. The van der Waals surface area contributed by atoms with Gasteiger partial charge in [-0.05, 0) is 59.1 Å². The number of para-hydroxylation sites is 1. The van der Waals surface area contributed by atoms with Gasteiger partial charge in [-0.15, -0.1) is 0 Å². The lowest BCUT2D eigenvalue weighted by Gasteiger charge is -2.42. The van der Waals surface area contributed by atoms with Gasteiger partial charge in [0.2, 0.25) is 0 Å². The summed E-state index contributed by atoms with van der Waals surface area (Å²) in [6.07, 6.45) is 2.42. The third-order valence-corrected chi connectivity index (χ3v) is 5.08. The Hall–Kier alpha value is -1.96. The number of hydrogen-bond acceptors (Lipinski definition) is 2. The molecule has 0 atom stereocenters. The minimum Gasteiger partial charge on any atom is -0.397 e. The highest BCUT2D eigenvalue weighted by molar-refractivity contribution is 5.75. The molecule has 2 aromatic carbocycles. The number of nitrogen functional groups attached to an aromatic ring is 1. The van der Waals surface area contributed by atoms with Gasteiger partial charge >= 0.3 is 0 Å². The second-order valence-corrected chi connectivity index (χ2v) is 7.74. The Morgan fingerprint density at radius 1 is 0.864 bits per heavy atom. The zero-order valence-electron chi connectivity index (χ0n) is 14.0. The summed E-state index contributed by atoms with van der Waals surface area (Å²) in [5.41, 5.74) is 12.5. The summed E-state index contributed by atoms with van der Waals surface area (Å²) in [6.45, 7) is 9.32. The van der Waals surface area contributed by atoms with Crippen LogP contribution in [-0.2, 0) is 10.8 Å². The van der Waals surface area contributed by atoms with E-state index in [0.29, 0.717) is 0 Å². The Morgan fingerprint density at radius 2 is 1.41 bits per heavy atom. The second-order valence-electron chi connectivity index (χ2n) is 7.74. The molecule has 0 amide bonds. The van der Waals surface area contributed by atoms with Gasteiger partial charge in [-0.1, -0.05) is 45.9 Å². The molecule has 0 unspecified atom stereocenters. The van der Waals surface area contributed by atoms with Crippen LogP contribution in [0.25, 0.3) is 0 Å². The maximum Gasteiger partial charge on any atom is 0.0621 e. The zero-order valence-corrected chi connectivity index (χ0v) is 14.0. The number of anilines is 3. The van der Waals surface area contributed by atoms with Gasteiger partial charge in [0.15, 0.2) is 0 Å². The predicted molar refractivity (Wildman–Crippen MR) is 95.9 cm³/mol. The molecule has 2 nitrogen and oxygen atoms in total. The van der Waals surface area contributed by atoms with Gasteiger partial charge in [-0.3, -0.25) is 0 Å². The van der Waals surface area contributed by atoms with E-state index in [1.165, 1.54) is 24.0 Å². The molecule has 3 rings (SSSR count). The van der Waals surface area contributed by atoms with Crippen molar-refractivity contribution < 1.29 is 0 Å².